The molecule has 1 unspecified atom stereocenters. The Kier molecular flexibility index (Phi) is 9.36. The van der Waals surface area contributed by atoms with Crippen molar-refractivity contribution in [2.75, 3.05) is 7.11 Å². The molecule has 1 atom stereocenters. The molecule has 2 fully saturated rings. The van der Waals surface area contributed by atoms with E-state index < -0.39 is 6.43 Å². The third-order valence-corrected chi connectivity index (χ3v) is 11.3. The normalized spacial score (nSPS) is 26.9. The number of aryl methyl sites for hydroxylation is 2. The summed E-state index contributed by atoms with van der Waals surface area (Å²) in [6, 6.07) is 16.0. The summed E-state index contributed by atoms with van der Waals surface area (Å²) in [6.45, 7) is 2.27. The van der Waals surface area contributed by atoms with Crippen LogP contribution in [-0.4, -0.2) is 22.4 Å². The number of ether oxygens (including phenoxy) is 1. The average molecular weight is 485 g/mol. The Morgan fingerprint density at radius 1 is 0.765 bits per heavy atom. The Labute approximate surface area is 207 Å². The van der Waals surface area contributed by atoms with Crippen LogP contribution in [0.3, 0.4) is 0 Å². The second kappa shape index (κ2) is 12.4. The van der Waals surface area contributed by atoms with Crippen LogP contribution in [0, 0.1) is 11.8 Å². The standard InChI is InChI=1S/C30H42F2OSi/c1-21(33-2)34-29-19-17-27(18-20-29)26-15-13-25(14-16-26)24-9-5-22(6-10-24)3-4-23-7-11-28(12-8-23)30(31)32/h5-12,21,25-27,29-30H,3-4,13-20,34H2,1-2H3/t21?,25-,26-,27-,29-. The van der Waals surface area contributed by atoms with Gasteiger partial charge in [0.25, 0.3) is 6.43 Å². The van der Waals surface area contributed by atoms with E-state index in [0.29, 0.717) is 5.73 Å². The molecule has 2 aliphatic rings. The second-order valence-corrected chi connectivity index (χ2v) is 13.7. The van der Waals surface area contributed by atoms with Gasteiger partial charge in [-0.1, -0.05) is 74.2 Å². The number of hydrogen-bond acceptors (Lipinski definition) is 1. The van der Waals surface area contributed by atoms with Gasteiger partial charge in [-0.3, -0.25) is 0 Å². The van der Waals surface area contributed by atoms with Crippen LogP contribution >= 0.6 is 0 Å². The summed E-state index contributed by atoms with van der Waals surface area (Å²) >= 11 is 0. The molecule has 0 spiro atoms. The highest BCUT2D eigenvalue weighted by Crippen LogP contribution is 2.45. The number of methoxy groups -OCH3 is 1. The maximum absolute atomic E-state index is 12.7. The highest BCUT2D eigenvalue weighted by atomic mass is 28.2. The first-order chi connectivity index (χ1) is 16.5. The first-order valence-electron chi connectivity index (χ1n) is 13.5. The zero-order chi connectivity index (χ0) is 23.9. The van der Waals surface area contributed by atoms with Gasteiger partial charge in [-0.2, -0.15) is 0 Å². The summed E-state index contributed by atoms with van der Waals surface area (Å²) in [5, 5.41) is 0. The molecule has 0 aliphatic heterocycles. The van der Waals surface area contributed by atoms with Gasteiger partial charge in [0.1, 0.15) is 0 Å². The van der Waals surface area contributed by atoms with Gasteiger partial charge in [-0.15, -0.1) is 0 Å². The molecule has 0 saturated heterocycles. The molecule has 0 radical (unpaired) electrons. The maximum Gasteiger partial charge on any atom is 0.263 e. The fourth-order valence-corrected chi connectivity index (χ4v) is 8.53. The lowest BCUT2D eigenvalue weighted by molar-refractivity contribution is 0.151. The molecule has 0 N–H and O–H groups in total. The molecule has 4 rings (SSSR count). The molecule has 0 amide bonds. The van der Waals surface area contributed by atoms with Gasteiger partial charge in [0.2, 0.25) is 0 Å². The molecule has 2 saturated carbocycles. The quantitative estimate of drug-likeness (QED) is 0.330. The lowest BCUT2D eigenvalue weighted by atomic mass is 9.70. The summed E-state index contributed by atoms with van der Waals surface area (Å²) < 4.78 is 31.0. The Bertz CT molecular complexity index is 850. The van der Waals surface area contributed by atoms with Crippen LogP contribution in [0.2, 0.25) is 5.54 Å². The second-order valence-electron chi connectivity index (χ2n) is 11.0. The van der Waals surface area contributed by atoms with Crippen LogP contribution in [-0.2, 0) is 17.6 Å². The van der Waals surface area contributed by atoms with E-state index in [4.69, 9.17) is 4.74 Å². The fourth-order valence-electron chi connectivity index (χ4n) is 6.46. The van der Waals surface area contributed by atoms with Gasteiger partial charge in [0, 0.05) is 18.4 Å². The predicted octanol–water partition coefficient (Wildman–Crippen LogP) is 7.82. The molecule has 2 aromatic carbocycles. The molecule has 0 bridgehead atoms. The molecule has 1 nitrogen and oxygen atoms in total. The predicted molar refractivity (Wildman–Crippen MR) is 141 cm³/mol. The largest absolute Gasteiger partial charge is 0.386 e. The van der Waals surface area contributed by atoms with Crippen molar-refractivity contribution in [3.8, 4) is 0 Å². The summed E-state index contributed by atoms with van der Waals surface area (Å²) in [4.78, 5) is 0. The van der Waals surface area contributed by atoms with Gasteiger partial charge in [-0.05, 0) is 85.4 Å². The number of rotatable bonds is 9. The summed E-state index contributed by atoms with van der Waals surface area (Å²) in [6.07, 6.45) is 10.8. The van der Waals surface area contributed by atoms with Gasteiger partial charge in [0.05, 0.1) is 9.52 Å². The maximum atomic E-state index is 12.7. The number of benzene rings is 2. The monoisotopic (exact) mass is 484 g/mol. The lowest BCUT2D eigenvalue weighted by Gasteiger charge is -2.38. The van der Waals surface area contributed by atoms with Crippen molar-refractivity contribution in [2.24, 2.45) is 11.8 Å². The Balaban J connectivity index is 1.20. The minimum Gasteiger partial charge on any atom is -0.386 e. The zero-order valence-corrected chi connectivity index (χ0v) is 22.4. The van der Waals surface area contributed by atoms with Crippen LogP contribution in [0.4, 0.5) is 8.78 Å². The van der Waals surface area contributed by atoms with Crippen LogP contribution in [0.25, 0.3) is 0 Å². The van der Waals surface area contributed by atoms with Crippen molar-refractivity contribution in [1.82, 2.24) is 0 Å². The molecule has 34 heavy (non-hydrogen) atoms. The summed E-state index contributed by atoms with van der Waals surface area (Å²) in [5.41, 5.74) is 5.62. The fraction of sp³-hybridized carbons (Fsp3) is 0.600. The van der Waals surface area contributed by atoms with Gasteiger partial charge in [-0.25, -0.2) is 8.78 Å². The van der Waals surface area contributed by atoms with Crippen LogP contribution < -0.4 is 0 Å². The van der Waals surface area contributed by atoms with E-state index in [2.05, 4.69) is 31.2 Å². The number of alkyl halides is 2. The van der Waals surface area contributed by atoms with Gasteiger partial charge >= 0.3 is 0 Å². The van der Waals surface area contributed by atoms with Gasteiger partial charge in [0.15, 0.2) is 0 Å². The summed E-state index contributed by atoms with van der Waals surface area (Å²) in [7, 11) is 1.79. The van der Waals surface area contributed by atoms with Crippen molar-refractivity contribution in [3.05, 3.63) is 70.8 Å². The average Bonchev–Trinajstić information content (AvgIpc) is 2.88. The minimum absolute atomic E-state index is 0.0818. The van der Waals surface area contributed by atoms with E-state index in [1.807, 2.05) is 19.2 Å². The molecular weight excluding hydrogens is 442 g/mol. The number of halogens is 2. The van der Waals surface area contributed by atoms with Crippen molar-refractivity contribution in [3.63, 3.8) is 0 Å². The molecule has 186 valence electrons. The Hall–Kier alpha value is -1.52. The molecule has 4 heteroatoms. The third kappa shape index (κ3) is 7.01. The first-order valence-corrected chi connectivity index (χ1v) is 15.1. The van der Waals surface area contributed by atoms with Crippen molar-refractivity contribution < 1.29 is 13.5 Å². The van der Waals surface area contributed by atoms with Crippen LogP contribution in [0.5, 0.6) is 0 Å². The van der Waals surface area contributed by atoms with Crippen molar-refractivity contribution in [2.45, 2.75) is 94.7 Å². The van der Waals surface area contributed by atoms with E-state index >= 15 is 0 Å². The first kappa shape index (κ1) is 25.6. The number of hydrogen-bond donors (Lipinski definition) is 0. The Morgan fingerprint density at radius 2 is 1.26 bits per heavy atom. The lowest BCUT2D eigenvalue weighted by Crippen LogP contribution is -2.28. The molecule has 2 aromatic rings. The highest BCUT2D eigenvalue weighted by molar-refractivity contribution is 6.39. The molecular formula is C30H42F2OSi. The van der Waals surface area contributed by atoms with E-state index in [1.54, 1.807) is 12.1 Å². The van der Waals surface area contributed by atoms with E-state index in [-0.39, 0.29) is 15.1 Å². The zero-order valence-electron chi connectivity index (χ0n) is 21.0. The van der Waals surface area contributed by atoms with Crippen molar-refractivity contribution >= 4 is 9.52 Å². The van der Waals surface area contributed by atoms with Gasteiger partial charge < -0.3 is 4.74 Å². The SMILES string of the molecule is COC(C)[SiH2][C@H]1CC[C@H]([C@H]2CC[C@H](c3ccc(CCc4ccc(C(F)F)cc4)cc3)CC2)CC1. The summed E-state index contributed by atoms with van der Waals surface area (Å²) in [5.74, 6) is 2.65. The smallest absolute Gasteiger partial charge is 0.263 e. The topological polar surface area (TPSA) is 9.23 Å². The van der Waals surface area contributed by atoms with Crippen LogP contribution in [0.1, 0.15) is 92.9 Å². The minimum atomic E-state index is -2.39. The van der Waals surface area contributed by atoms with Crippen LogP contribution in [0.15, 0.2) is 48.5 Å². The molecule has 0 aromatic heterocycles. The highest BCUT2D eigenvalue weighted by Gasteiger charge is 2.31. The van der Waals surface area contributed by atoms with E-state index in [1.165, 1.54) is 62.5 Å². The van der Waals surface area contributed by atoms with Crippen molar-refractivity contribution in [1.29, 1.82) is 0 Å². The molecule has 0 heterocycles. The Morgan fingerprint density at radius 3 is 1.76 bits per heavy atom. The third-order valence-electron chi connectivity index (χ3n) is 8.78. The van der Waals surface area contributed by atoms with E-state index in [0.717, 1.165) is 41.7 Å². The molecule has 2 aliphatic carbocycles. The van der Waals surface area contributed by atoms with E-state index in [9.17, 15) is 8.78 Å².